The van der Waals surface area contributed by atoms with Crippen molar-refractivity contribution >= 4 is 11.6 Å². The first-order chi connectivity index (χ1) is 7.90. The standard InChI is InChI=1S/C12H16F2N2O/c1-4-7(2)16(3)12(17)10-8(13)5-6-9(15)11(10)14/h5-7H,4,15H2,1-3H3. The molecule has 5 heteroatoms. The van der Waals surface area contributed by atoms with Crippen LogP contribution in [0.2, 0.25) is 0 Å². The Hall–Kier alpha value is -1.65. The van der Waals surface area contributed by atoms with Crippen molar-refractivity contribution in [2.24, 2.45) is 0 Å². The summed E-state index contributed by atoms with van der Waals surface area (Å²) in [4.78, 5) is 13.2. The lowest BCUT2D eigenvalue weighted by Gasteiger charge is -2.24. The van der Waals surface area contributed by atoms with Gasteiger partial charge in [0.15, 0.2) is 5.82 Å². The molecule has 0 spiro atoms. The summed E-state index contributed by atoms with van der Waals surface area (Å²) in [5.41, 5.74) is 4.50. The molecule has 2 N–H and O–H groups in total. The quantitative estimate of drug-likeness (QED) is 0.827. The summed E-state index contributed by atoms with van der Waals surface area (Å²) < 4.78 is 27.1. The zero-order valence-electron chi connectivity index (χ0n) is 10.1. The molecule has 17 heavy (non-hydrogen) atoms. The molecule has 0 fully saturated rings. The van der Waals surface area contributed by atoms with Crippen LogP contribution in [0.15, 0.2) is 12.1 Å². The van der Waals surface area contributed by atoms with Crippen LogP contribution in [0.3, 0.4) is 0 Å². The summed E-state index contributed by atoms with van der Waals surface area (Å²) >= 11 is 0. The van der Waals surface area contributed by atoms with Crippen molar-refractivity contribution in [3.8, 4) is 0 Å². The molecule has 0 radical (unpaired) electrons. The van der Waals surface area contributed by atoms with Crippen LogP contribution in [0.25, 0.3) is 0 Å². The zero-order chi connectivity index (χ0) is 13.2. The van der Waals surface area contributed by atoms with E-state index >= 15 is 0 Å². The topological polar surface area (TPSA) is 46.3 Å². The molecule has 0 aliphatic carbocycles. The molecule has 0 aliphatic heterocycles. The lowest BCUT2D eigenvalue weighted by atomic mass is 10.1. The number of amides is 1. The Morgan fingerprint density at radius 3 is 2.59 bits per heavy atom. The highest BCUT2D eigenvalue weighted by Gasteiger charge is 2.24. The number of carbonyl (C=O) groups is 1. The molecule has 0 bridgehead atoms. The van der Waals surface area contributed by atoms with Gasteiger partial charge < -0.3 is 10.6 Å². The number of halogens is 2. The highest BCUT2D eigenvalue weighted by molar-refractivity contribution is 5.95. The van der Waals surface area contributed by atoms with Crippen LogP contribution in [-0.2, 0) is 0 Å². The smallest absolute Gasteiger partial charge is 0.259 e. The Morgan fingerprint density at radius 2 is 2.06 bits per heavy atom. The summed E-state index contributed by atoms with van der Waals surface area (Å²) in [5, 5.41) is 0. The van der Waals surface area contributed by atoms with Crippen molar-refractivity contribution in [3.05, 3.63) is 29.3 Å². The first-order valence-electron chi connectivity index (χ1n) is 5.40. The van der Waals surface area contributed by atoms with Crippen LogP contribution in [0.1, 0.15) is 30.6 Å². The van der Waals surface area contributed by atoms with E-state index in [2.05, 4.69) is 0 Å². The van der Waals surface area contributed by atoms with Gasteiger partial charge in [0.25, 0.3) is 5.91 Å². The Balaban J connectivity index is 3.17. The predicted octanol–water partition coefficient (Wildman–Crippen LogP) is 2.42. The highest BCUT2D eigenvalue weighted by Crippen LogP contribution is 2.20. The third-order valence-electron chi connectivity index (χ3n) is 2.91. The first kappa shape index (κ1) is 13.4. The molecule has 1 aromatic carbocycles. The van der Waals surface area contributed by atoms with Gasteiger partial charge in [-0.2, -0.15) is 0 Å². The number of rotatable bonds is 3. The summed E-state index contributed by atoms with van der Waals surface area (Å²) in [5.74, 6) is -2.58. The third kappa shape index (κ3) is 2.54. The van der Waals surface area contributed by atoms with Crippen LogP contribution >= 0.6 is 0 Å². The van der Waals surface area contributed by atoms with Gasteiger partial charge in [-0.25, -0.2) is 8.78 Å². The average Bonchev–Trinajstić information content (AvgIpc) is 2.32. The van der Waals surface area contributed by atoms with Gasteiger partial charge in [0.05, 0.1) is 5.69 Å². The van der Waals surface area contributed by atoms with Crippen molar-refractivity contribution < 1.29 is 13.6 Å². The largest absolute Gasteiger partial charge is 0.396 e. The van der Waals surface area contributed by atoms with Crippen molar-refractivity contribution in [3.63, 3.8) is 0 Å². The zero-order valence-corrected chi connectivity index (χ0v) is 10.1. The highest BCUT2D eigenvalue weighted by atomic mass is 19.1. The summed E-state index contributed by atoms with van der Waals surface area (Å²) in [7, 11) is 1.51. The number of benzene rings is 1. The normalized spacial score (nSPS) is 12.3. The van der Waals surface area contributed by atoms with Crippen LogP contribution in [0, 0.1) is 11.6 Å². The van der Waals surface area contributed by atoms with E-state index in [0.29, 0.717) is 6.42 Å². The Labute approximate surface area is 99.2 Å². The number of carbonyl (C=O) groups excluding carboxylic acids is 1. The van der Waals surface area contributed by atoms with Crippen molar-refractivity contribution in [2.75, 3.05) is 12.8 Å². The van der Waals surface area contributed by atoms with Gasteiger partial charge in [0.1, 0.15) is 11.4 Å². The van der Waals surface area contributed by atoms with E-state index in [0.717, 1.165) is 12.1 Å². The minimum absolute atomic E-state index is 0.0947. The van der Waals surface area contributed by atoms with Crippen LogP contribution in [-0.4, -0.2) is 23.9 Å². The summed E-state index contributed by atoms with van der Waals surface area (Å²) in [6, 6.07) is 2.00. The molecule has 0 saturated carbocycles. The summed E-state index contributed by atoms with van der Waals surface area (Å²) in [6.07, 6.45) is 0.702. The number of hydrogen-bond donors (Lipinski definition) is 1. The first-order valence-corrected chi connectivity index (χ1v) is 5.40. The second-order valence-corrected chi connectivity index (χ2v) is 4.00. The van der Waals surface area contributed by atoms with E-state index in [4.69, 9.17) is 5.73 Å². The van der Waals surface area contributed by atoms with Crippen LogP contribution in [0.5, 0.6) is 0 Å². The van der Waals surface area contributed by atoms with E-state index in [-0.39, 0.29) is 11.7 Å². The minimum Gasteiger partial charge on any atom is -0.396 e. The maximum atomic E-state index is 13.6. The van der Waals surface area contributed by atoms with E-state index in [1.165, 1.54) is 11.9 Å². The number of hydrogen-bond acceptors (Lipinski definition) is 2. The van der Waals surface area contributed by atoms with E-state index < -0.39 is 23.1 Å². The Kier molecular flexibility index (Phi) is 4.04. The van der Waals surface area contributed by atoms with Gasteiger partial charge in [-0.05, 0) is 25.5 Å². The van der Waals surface area contributed by atoms with Crippen LogP contribution in [0.4, 0.5) is 14.5 Å². The molecule has 1 aromatic rings. The lowest BCUT2D eigenvalue weighted by Crippen LogP contribution is -2.35. The number of nitrogen functional groups attached to an aromatic ring is 1. The van der Waals surface area contributed by atoms with Gasteiger partial charge in [0.2, 0.25) is 0 Å². The van der Waals surface area contributed by atoms with E-state index in [9.17, 15) is 13.6 Å². The lowest BCUT2D eigenvalue weighted by molar-refractivity contribution is 0.0731. The average molecular weight is 242 g/mol. The molecule has 1 rings (SSSR count). The second-order valence-electron chi connectivity index (χ2n) is 4.00. The van der Waals surface area contributed by atoms with Gasteiger partial charge in [-0.3, -0.25) is 4.79 Å². The maximum Gasteiger partial charge on any atom is 0.259 e. The predicted molar refractivity (Wildman–Crippen MR) is 62.6 cm³/mol. The number of anilines is 1. The minimum atomic E-state index is -0.995. The molecule has 0 saturated heterocycles. The van der Waals surface area contributed by atoms with Crippen LogP contribution < -0.4 is 5.73 Å². The molecule has 0 heterocycles. The number of nitrogens with two attached hydrogens (primary N) is 1. The van der Waals surface area contributed by atoms with Crippen molar-refractivity contribution in [1.29, 1.82) is 0 Å². The third-order valence-corrected chi connectivity index (χ3v) is 2.91. The Morgan fingerprint density at radius 1 is 1.47 bits per heavy atom. The van der Waals surface area contributed by atoms with Gasteiger partial charge in [-0.15, -0.1) is 0 Å². The molecule has 1 unspecified atom stereocenters. The maximum absolute atomic E-state index is 13.6. The van der Waals surface area contributed by atoms with Crippen molar-refractivity contribution in [2.45, 2.75) is 26.3 Å². The monoisotopic (exact) mass is 242 g/mol. The van der Waals surface area contributed by atoms with Gasteiger partial charge >= 0.3 is 0 Å². The molecule has 3 nitrogen and oxygen atoms in total. The fourth-order valence-corrected chi connectivity index (χ4v) is 1.42. The molecule has 1 atom stereocenters. The van der Waals surface area contributed by atoms with Crippen molar-refractivity contribution in [1.82, 2.24) is 4.90 Å². The molecular formula is C12H16F2N2O. The van der Waals surface area contributed by atoms with Gasteiger partial charge in [-0.1, -0.05) is 6.92 Å². The van der Waals surface area contributed by atoms with Gasteiger partial charge in [0, 0.05) is 13.1 Å². The number of nitrogens with zero attached hydrogens (tertiary/aromatic N) is 1. The van der Waals surface area contributed by atoms with E-state index in [1.807, 2.05) is 6.92 Å². The summed E-state index contributed by atoms with van der Waals surface area (Å²) in [6.45, 7) is 3.69. The fraction of sp³-hybridized carbons (Fsp3) is 0.417. The SMILES string of the molecule is CCC(C)N(C)C(=O)c1c(F)ccc(N)c1F. The molecule has 0 aliphatic rings. The van der Waals surface area contributed by atoms with E-state index in [1.54, 1.807) is 6.92 Å². The fourth-order valence-electron chi connectivity index (χ4n) is 1.42. The second kappa shape index (κ2) is 5.12. The molecule has 1 amide bonds. The Bertz CT molecular complexity index is 435. The molecular weight excluding hydrogens is 226 g/mol. The molecule has 0 aromatic heterocycles. The molecule has 94 valence electrons.